The van der Waals surface area contributed by atoms with Crippen molar-refractivity contribution in [3.05, 3.63) is 0 Å². The predicted molar refractivity (Wildman–Crippen MR) is 39.1 cm³/mol. The number of hydrogen-bond donors (Lipinski definition) is 0. The molecule has 1 fully saturated rings. The summed E-state index contributed by atoms with van der Waals surface area (Å²) in [5.74, 6) is 0. The van der Waals surface area contributed by atoms with Gasteiger partial charge in [0, 0.05) is 20.2 Å². The molecule has 1 rings (SSSR count). The summed E-state index contributed by atoms with van der Waals surface area (Å²) in [5.41, 5.74) is 0. The molecular formula is C7H15NO2. The van der Waals surface area contributed by atoms with Gasteiger partial charge in [0.1, 0.15) is 0 Å². The van der Waals surface area contributed by atoms with E-state index in [-0.39, 0.29) is 0 Å². The highest BCUT2D eigenvalue weighted by atomic mass is 16.6. The Morgan fingerprint density at radius 3 is 2.90 bits per heavy atom. The lowest BCUT2D eigenvalue weighted by molar-refractivity contribution is 0.156. The Hall–Kier alpha value is -0.120. The molecule has 0 bridgehead atoms. The zero-order valence-electron chi connectivity index (χ0n) is 6.67. The van der Waals surface area contributed by atoms with Gasteiger partial charge in [0.25, 0.3) is 0 Å². The second kappa shape index (κ2) is 3.91. The van der Waals surface area contributed by atoms with Gasteiger partial charge in [-0.25, -0.2) is 0 Å². The van der Waals surface area contributed by atoms with Gasteiger partial charge in [-0.3, -0.25) is 0 Å². The van der Waals surface area contributed by atoms with Crippen LogP contribution >= 0.6 is 0 Å². The fraction of sp³-hybridized carbons (Fsp3) is 1.00. The van der Waals surface area contributed by atoms with E-state index in [1.165, 1.54) is 0 Å². The minimum absolute atomic E-state index is 0.502. The van der Waals surface area contributed by atoms with Crippen molar-refractivity contribution in [3.63, 3.8) is 0 Å². The zero-order valence-corrected chi connectivity index (χ0v) is 6.67. The van der Waals surface area contributed by atoms with Crippen LogP contribution in [0.1, 0.15) is 0 Å². The highest BCUT2D eigenvalue weighted by molar-refractivity contribution is 4.72. The minimum Gasteiger partial charge on any atom is -0.383 e. The monoisotopic (exact) mass is 145 g/mol. The molecule has 10 heavy (non-hydrogen) atoms. The summed E-state index contributed by atoms with van der Waals surface area (Å²) >= 11 is 0. The molecule has 0 aliphatic carbocycles. The molecule has 1 unspecified atom stereocenters. The van der Waals surface area contributed by atoms with Crippen LogP contribution in [0.25, 0.3) is 0 Å². The number of rotatable bonds is 5. The summed E-state index contributed by atoms with van der Waals surface area (Å²) in [4.78, 5) is 2.22. The van der Waals surface area contributed by atoms with Gasteiger partial charge in [0.05, 0.1) is 19.3 Å². The maximum absolute atomic E-state index is 5.08. The molecular weight excluding hydrogens is 130 g/mol. The first-order chi connectivity index (χ1) is 4.83. The smallest absolute Gasteiger partial charge is 0.0936 e. The lowest BCUT2D eigenvalue weighted by Crippen LogP contribution is -2.26. The second-order valence-electron chi connectivity index (χ2n) is 2.71. The maximum atomic E-state index is 5.08. The van der Waals surface area contributed by atoms with Gasteiger partial charge < -0.3 is 14.4 Å². The van der Waals surface area contributed by atoms with Gasteiger partial charge in [0.15, 0.2) is 0 Å². The molecule has 0 aromatic rings. The molecule has 3 heteroatoms. The summed E-state index contributed by atoms with van der Waals surface area (Å²) in [6.07, 6.45) is 0.502. The summed E-state index contributed by atoms with van der Waals surface area (Å²) in [6.45, 7) is 3.79. The predicted octanol–water partition coefficient (Wildman–Crippen LogP) is -0.0366. The van der Waals surface area contributed by atoms with Crippen molar-refractivity contribution in [2.24, 2.45) is 0 Å². The van der Waals surface area contributed by atoms with Crippen molar-refractivity contribution in [1.29, 1.82) is 0 Å². The lowest BCUT2D eigenvalue weighted by Gasteiger charge is -2.13. The number of hydrogen-bond acceptors (Lipinski definition) is 3. The van der Waals surface area contributed by atoms with E-state index in [1.54, 1.807) is 7.11 Å². The Balaban J connectivity index is 1.91. The third kappa shape index (κ3) is 3.15. The first-order valence-electron chi connectivity index (χ1n) is 3.62. The normalized spacial score (nSPS) is 23.7. The largest absolute Gasteiger partial charge is 0.383 e. The highest BCUT2D eigenvalue weighted by Gasteiger charge is 2.23. The van der Waals surface area contributed by atoms with Crippen LogP contribution in [0.2, 0.25) is 0 Å². The Morgan fingerprint density at radius 2 is 2.40 bits per heavy atom. The van der Waals surface area contributed by atoms with Crippen LogP contribution in [0.15, 0.2) is 0 Å². The number of methoxy groups -OCH3 is 1. The number of ether oxygens (including phenoxy) is 2. The van der Waals surface area contributed by atoms with Gasteiger partial charge in [0.2, 0.25) is 0 Å². The Bertz CT molecular complexity index is 93.6. The topological polar surface area (TPSA) is 25.0 Å². The van der Waals surface area contributed by atoms with Crippen molar-refractivity contribution in [3.8, 4) is 0 Å². The van der Waals surface area contributed by atoms with Gasteiger partial charge in [-0.15, -0.1) is 0 Å². The molecule has 1 aliphatic heterocycles. The van der Waals surface area contributed by atoms with Crippen LogP contribution in [0.3, 0.4) is 0 Å². The quantitative estimate of drug-likeness (QED) is 0.508. The molecule has 0 saturated carbocycles. The first kappa shape index (κ1) is 7.98. The van der Waals surface area contributed by atoms with E-state index in [9.17, 15) is 0 Å². The Kier molecular flexibility index (Phi) is 3.12. The van der Waals surface area contributed by atoms with Crippen LogP contribution in [0, 0.1) is 0 Å². The van der Waals surface area contributed by atoms with Crippen molar-refractivity contribution in [2.75, 3.05) is 40.5 Å². The highest BCUT2D eigenvalue weighted by Crippen LogP contribution is 2.08. The molecule has 1 saturated heterocycles. The van der Waals surface area contributed by atoms with Gasteiger partial charge >= 0.3 is 0 Å². The number of likely N-dealkylation sites (N-methyl/N-ethyl adjacent to an activating group) is 1. The van der Waals surface area contributed by atoms with E-state index in [1.807, 2.05) is 0 Å². The maximum Gasteiger partial charge on any atom is 0.0936 e. The minimum atomic E-state index is 0.502. The molecule has 0 spiro atoms. The molecule has 0 radical (unpaired) electrons. The van der Waals surface area contributed by atoms with Crippen LogP contribution in [-0.4, -0.2) is 51.5 Å². The van der Waals surface area contributed by atoms with Crippen LogP contribution in [0.5, 0.6) is 0 Å². The van der Waals surface area contributed by atoms with Crippen molar-refractivity contribution < 1.29 is 9.47 Å². The molecule has 3 nitrogen and oxygen atoms in total. The first-order valence-corrected chi connectivity index (χ1v) is 3.62. The standard InChI is InChI=1S/C7H15NO2/c1-8(3-4-9-2)5-7-6-10-7/h7H,3-6H2,1-2H3. The van der Waals surface area contributed by atoms with Gasteiger partial charge in [-0.1, -0.05) is 0 Å². The fourth-order valence-electron chi connectivity index (χ4n) is 0.859. The van der Waals surface area contributed by atoms with E-state index < -0.39 is 0 Å². The molecule has 1 atom stereocenters. The van der Waals surface area contributed by atoms with E-state index in [2.05, 4.69) is 11.9 Å². The summed E-state index contributed by atoms with van der Waals surface area (Å²) < 4.78 is 10.0. The molecule has 1 heterocycles. The van der Waals surface area contributed by atoms with Crippen LogP contribution in [0.4, 0.5) is 0 Å². The molecule has 0 aromatic carbocycles. The lowest BCUT2D eigenvalue weighted by atomic mass is 10.4. The van der Waals surface area contributed by atoms with E-state index in [4.69, 9.17) is 9.47 Å². The number of nitrogens with zero attached hydrogens (tertiary/aromatic N) is 1. The van der Waals surface area contributed by atoms with Crippen molar-refractivity contribution in [1.82, 2.24) is 4.90 Å². The Morgan fingerprint density at radius 1 is 1.70 bits per heavy atom. The third-order valence-electron chi connectivity index (χ3n) is 1.59. The van der Waals surface area contributed by atoms with Crippen molar-refractivity contribution >= 4 is 0 Å². The average Bonchev–Trinajstić information content (AvgIpc) is 2.67. The molecule has 0 N–H and O–H groups in total. The van der Waals surface area contributed by atoms with Crippen LogP contribution in [-0.2, 0) is 9.47 Å². The summed E-state index contributed by atoms with van der Waals surface area (Å²) in [6, 6.07) is 0. The molecule has 60 valence electrons. The van der Waals surface area contributed by atoms with E-state index in [0.717, 1.165) is 26.3 Å². The summed E-state index contributed by atoms with van der Waals surface area (Å²) in [7, 11) is 3.81. The zero-order chi connectivity index (χ0) is 7.40. The van der Waals surface area contributed by atoms with Gasteiger partial charge in [-0.2, -0.15) is 0 Å². The molecule has 0 aromatic heterocycles. The van der Waals surface area contributed by atoms with Crippen molar-refractivity contribution in [2.45, 2.75) is 6.10 Å². The fourth-order valence-corrected chi connectivity index (χ4v) is 0.859. The molecule has 1 aliphatic rings. The Labute approximate surface area is 61.9 Å². The average molecular weight is 145 g/mol. The third-order valence-corrected chi connectivity index (χ3v) is 1.59. The number of epoxide rings is 1. The summed E-state index contributed by atoms with van der Waals surface area (Å²) in [5, 5.41) is 0. The second-order valence-corrected chi connectivity index (χ2v) is 2.71. The molecule has 0 amide bonds. The van der Waals surface area contributed by atoms with E-state index >= 15 is 0 Å². The van der Waals surface area contributed by atoms with E-state index in [0.29, 0.717) is 6.10 Å². The van der Waals surface area contributed by atoms with Gasteiger partial charge in [-0.05, 0) is 7.05 Å². The SMILES string of the molecule is COCCN(C)CC1CO1. The van der Waals surface area contributed by atoms with Crippen LogP contribution < -0.4 is 0 Å².